The smallest absolute Gasteiger partial charge is 0.432 e. The molecule has 2 unspecified atom stereocenters. The van der Waals surface area contributed by atoms with E-state index >= 15 is 0 Å². The van der Waals surface area contributed by atoms with Crippen molar-refractivity contribution in [3.63, 3.8) is 0 Å². The second-order valence-corrected chi connectivity index (χ2v) is 9.30. The molecule has 0 aromatic heterocycles. The van der Waals surface area contributed by atoms with Gasteiger partial charge in [0, 0.05) is 17.7 Å². The highest BCUT2D eigenvalue weighted by molar-refractivity contribution is 5.67. The van der Waals surface area contributed by atoms with Crippen molar-refractivity contribution in [3.8, 4) is 28.7 Å². The Bertz CT molecular complexity index is 1720. The number of ether oxygens (including phenoxy) is 2. The Balaban J connectivity index is 1.60. The number of allylic oxidation sites excluding steroid dienone is 3. The van der Waals surface area contributed by atoms with Crippen molar-refractivity contribution >= 4 is 0 Å². The zero-order valence-electron chi connectivity index (χ0n) is 22.2. The first-order chi connectivity index (χ1) is 21.0. The monoisotopic (exact) mass is 648 g/mol. The minimum atomic E-state index is -5.42. The van der Waals surface area contributed by atoms with E-state index in [4.69, 9.17) is 4.74 Å². The number of hydrogen-bond donors (Lipinski definition) is 0. The van der Waals surface area contributed by atoms with Gasteiger partial charge in [-0.3, -0.25) is 0 Å². The van der Waals surface area contributed by atoms with Gasteiger partial charge in [0.15, 0.2) is 0 Å². The first-order valence-electron chi connectivity index (χ1n) is 12.4. The average molecular weight is 648 g/mol. The lowest BCUT2D eigenvalue weighted by Gasteiger charge is -2.26. The molecule has 0 bridgehead atoms. The van der Waals surface area contributed by atoms with Gasteiger partial charge in [-0.1, -0.05) is 24.5 Å². The summed E-state index contributed by atoms with van der Waals surface area (Å²) < 4.78 is 178. The highest BCUT2D eigenvalue weighted by Crippen LogP contribution is 2.43. The summed E-state index contributed by atoms with van der Waals surface area (Å²) >= 11 is 0. The summed E-state index contributed by atoms with van der Waals surface area (Å²) in [5.74, 6) is -10.1. The number of benzene rings is 3. The third-order valence-corrected chi connectivity index (χ3v) is 6.13. The molecule has 0 saturated carbocycles. The average Bonchev–Trinajstić information content (AvgIpc) is 2.89. The van der Waals surface area contributed by atoms with Crippen LogP contribution in [-0.4, -0.2) is 19.0 Å². The Morgan fingerprint density at radius 3 is 1.96 bits per heavy atom. The molecule has 0 N–H and O–H groups in total. The maximum atomic E-state index is 14.9. The van der Waals surface area contributed by atoms with Crippen LogP contribution in [0.3, 0.4) is 0 Å². The minimum Gasteiger partial charge on any atom is -0.489 e. The Morgan fingerprint density at radius 2 is 1.42 bits per heavy atom. The molecule has 0 spiro atoms. The quantitative estimate of drug-likeness (QED) is 0.145. The number of halogens is 12. The van der Waals surface area contributed by atoms with Gasteiger partial charge in [-0.25, -0.2) is 30.7 Å². The summed E-state index contributed by atoms with van der Waals surface area (Å²) in [5.41, 5.74) is -4.64. The van der Waals surface area contributed by atoms with Crippen LogP contribution in [0.5, 0.6) is 5.75 Å². The van der Waals surface area contributed by atoms with Gasteiger partial charge in [-0.2, -0.15) is 22.0 Å². The van der Waals surface area contributed by atoms with E-state index in [2.05, 4.69) is 23.2 Å². The van der Waals surface area contributed by atoms with Crippen molar-refractivity contribution in [3.05, 3.63) is 125 Å². The highest BCUT2D eigenvalue weighted by Gasteiger charge is 2.50. The SMILES string of the molecule is C=CCOc1ccc(C#Cc2cc(F)c(-c3cc(F)c(C(F)(F)OC4=CC(F)C(C(F)(F)F)C(F)=C4)c(F)c3)c(F)c2)c(F)c1. The van der Waals surface area contributed by atoms with Gasteiger partial charge in [0.1, 0.15) is 70.7 Å². The van der Waals surface area contributed by atoms with Crippen LogP contribution in [0.1, 0.15) is 16.7 Å². The van der Waals surface area contributed by atoms with Crippen LogP contribution in [0, 0.1) is 46.8 Å². The third-order valence-electron chi connectivity index (χ3n) is 6.13. The first kappa shape index (κ1) is 33.1. The Labute approximate surface area is 246 Å². The van der Waals surface area contributed by atoms with E-state index in [0.29, 0.717) is 12.1 Å². The summed E-state index contributed by atoms with van der Waals surface area (Å²) in [7, 11) is 0. The molecular formula is C31H16F12O2. The molecule has 45 heavy (non-hydrogen) atoms. The van der Waals surface area contributed by atoms with Crippen LogP contribution in [0.2, 0.25) is 0 Å². The largest absolute Gasteiger partial charge is 0.489 e. The zero-order chi connectivity index (χ0) is 33.3. The van der Waals surface area contributed by atoms with E-state index in [1.165, 1.54) is 18.2 Å². The minimum absolute atomic E-state index is 0.106. The number of rotatable bonds is 7. The molecule has 0 aliphatic heterocycles. The molecule has 4 rings (SSSR count). The lowest BCUT2D eigenvalue weighted by molar-refractivity contribution is -0.226. The predicted molar refractivity (Wildman–Crippen MR) is 136 cm³/mol. The van der Waals surface area contributed by atoms with E-state index in [1.54, 1.807) is 0 Å². The molecular weight excluding hydrogens is 632 g/mol. The molecule has 2 nitrogen and oxygen atoms in total. The molecule has 2 atom stereocenters. The second kappa shape index (κ2) is 12.7. The fourth-order valence-corrected chi connectivity index (χ4v) is 4.18. The first-order valence-corrected chi connectivity index (χ1v) is 12.4. The van der Waals surface area contributed by atoms with Gasteiger partial charge >= 0.3 is 12.3 Å². The number of hydrogen-bond acceptors (Lipinski definition) is 2. The summed E-state index contributed by atoms with van der Waals surface area (Å²) in [6.07, 6.45) is -12.6. The maximum absolute atomic E-state index is 14.9. The fraction of sp³-hybridized carbons (Fsp3) is 0.161. The van der Waals surface area contributed by atoms with Gasteiger partial charge in [0.25, 0.3) is 0 Å². The van der Waals surface area contributed by atoms with Gasteiger partial charge in [-0.05, 0) is 48.0 Å². The van der Waals surface area contributed by atoms with E-state index in [0.717, 1.165) is 6.07 Å². The summed E-state index contributed by atoms with van der Waals surface area (Å²) in [6.45, 7) is 3.55. The molecule has 0 fully saturated rings. The molecule has 0 radical (unpaired) electrons. The highest BCUT2D eigenvalue weighted by atomic mass is 19.4. The lowest BCUT2D eigenvalue weighted by Crippen LogP contribution is -2.34. The van der Waals surface area contributed by atoms with Crippen molar-refractivity contribution in [1.82, 2.24) is 0 Å². The van der Waals surface area contributed by atoms with Crippen LogP contribution in [0.25, 0.3) is 11.1 Å². The Kier molecular flexibility index (Phi) is 9.32. The van der Waals surface area contributed by atoms with E-state index in [9.17, 15) is 52.7 Å². The summed E-state index contributed by atoms with van der Waals surface area (Å²) in [5, 5.41) is 0. The number of alkyl halides is 6. The van der Waals surface area contributed by atoms with Crippen molar-refractivity contribution in [2.24, 2.45) is 5.92 Å². The normalized spacial score (nSPS) is 16.7. The van der Waals surface area contributed by atoms with E-state index < -0.39 is 81.7 Å². The van der Waals surface area contributed by atoms with Crippen LogP contribution < -0.4 is 4.74 Å². The molecule has 14 heteroatoms. The van der Waals surface area contributed by atoms with Crippen LogP contribution in [0.4, 0.5) is 52.7 Å². The fourth-order valence-electron chi connectivity index (χ4n) is 4.18. The standard InChI is InChI=1S/C31H16F12O2/c1-2-7-44-18-6-5-16(20(32)12-18)4-3-15-8-21(33)27(22(34)9-15)17-10-23(35)29(24(36)11-17)31(42,43)45-19-13-25(37)28(26(38)14-19)30(39,40)41/h2,5-6,8-14,25,28H,1,7H2. The van der Waals surface area contributed by atoms with Crippen LogP contribution in [0.15, 0.2) is 78.9 Å². The molecule has 0 amide bonds. The topological polar surface area (TPSA) is 18.5 Å². The molecule has 0 saturated heterocycles. The molecule has 1 aliphatic rings. The van der Waals surface area contributed by atoms with Crippen molar-refractivity contribution in [1.29, 1.82) is 0 Å². The maximum Gasteiger partial charge on any atom is 0.432 e. The Hall–Kier alpha value is -4.80. The molecule has 0 heterocycles. The van der Waals surface area contributed by atoms with E-state index in [1.807, 2.05) is 0 Å². The molecule has 1 aliphatic carbocycles. The van der Waals surface area contributed by atoms with Crippen molar-refractivity contribution in [2.75, 3.05) is 6.61 Å². The van der Waals surface area contributed by atoms with Crippen molar-refractivity contribution in [2.45, 2.75) is 18.5 Å². The van der Waals surface area contributed by atoms with Gasteiger partial charge in [0.05, 0.1) is 11.1 Å². The van der Waals surface area contributed by atoms with Gasteiger partial charge in [0.2, 0.25) is 0 Å². The zero-order valence-corrected chi connectivity index (χ0v) is 22.2. The van der Waals surface area contributed by atoms with Gasteiger partial charge in [-0.15, -0.1) is 0 Å². The Morgan fingerprint density at radius 1 is 0.800 bits per heavy atom. The summed E-state index contributed by atoms with van der Waals surface area (Å²) in [6, 6.07) is 5.11. The third kappa shape index (κ3) is 7.30. The van der Waals surface area contributed by atoms with Crippen LogP contribution >= 0.6 is 0 Å². The van der Waals surface area contributed by atoms with Crippen molar-refractivity contribution < 1.29 is 62.2 Å². The summed E-state index contributed by atoms with van der Waals surface area (Å²) in [4.78, 5) is 0. The molecule has 3 aromatic carbocycles. The van der Waals surface area contributed by atoms with Crippen LogP contribution in [-0.2, 0) is 10.8 Å². The predicted octanol–water partition coefficient (Wildman–Crippen LogP) is 9.35. The second-order valence-electron chi connectivity index (χ2n) is 9.30. The van der Waals surface area contributed by atoms with E-state index in [-0.39, 0.29) is 47.8 Å². The lowest BCUT2D eigenvalue weighted by atomic mass is 9.96. The van der Waals surface area contributed by atoms with Gasteiger partial charge < -0.3 is 9.47 Å². The molecule has 3 aromatic rings. The molecule has 236 valence electrons.